The second-order valence-electron chi connectivity index (χ2n) is 3.74. The molecule has 4 nitrogen and oxygen atoms in total. The number of pyridine rings is 1. The first-order valence-electron chi connectivity index (χ1n) is 5.48. The fourth-order valence-corrected chi connectivity index (χ4v) is 1.58. The molecule has 0 aliphatic heterocycles. The Labute approximate surface area is 95.3 Å². The van der Waals surface area contributed by atoms with Crippen molar-refractivity contribution in [2.24, 2.45) is 0 Å². The Balaban J connectivity index is 2.05. The molecule has 0 saturated heterocycles. The molecular weight excluding hydrogens is 200 g/mol. The third-order valence-electron chi connectivity index (χ3n) is 2.52. The molecule has 0 radical (unpaired) electrons. The van der Waals surface area contributed by atoms with Crippen LogP contribution in [0.15, 0.2) is 36.9 Å². The van der Waals surface area contributed by atoms with E-state index in [0.29, 0.717) is 0 Å². The average Bonchev–Trinajstić information content (AvgIpc) is 2.78. The first-order valence-corrected chi connectivity index (χ1v) is 5.48. The van der Waals surface area contributed by atoms with Crippen molar-refractivity contribution in [2.75, 3.05) is 5.32 Å². The van der Waals surface area contributed by atoms with Crippen molar-refractivity contribution in [1.82, 2.24) is 14.8 Å². The summed E-state index contributed by atoms with van der Waals surface area (Å²) in [5.74, 6) is 0. The summed E-state index contributed by atoms with van der Waals surface area (Å²) in [5, 5.41) is 7.61. The topological polar surface area (TPSA) is 42.7 Å². The molecule has 1 atom stereocenters. The maximum absolute atomic E-state index is 4.22. The Morgan fingerprint density at radius 1 is 1.44 bits per heavy atom. The molecule has 1 N–H and O–H groups in total. The second-order valence-corrected chi connectivity index (χ2v) is 3.74. The van der Waals surface area contributed by atoms with E-state index in [4.69, 9.17) is 0 Å². The van der Waals surface area contributed by atoms with Gasteiger partial charge in [-0.3, -0.25) is 9.67 Å². The van der Waals surface area contributed by atoms with Crippen molar-refractivity contribution in [3.05, 3.63) is 42.5 Å². The maximum atomic E-state index is 4.22. The van der Waals surface area contributed by atoms with Crippen LogP contribution < -0.4 is 5.32 Å². The number of rotatable bonds is 4. The average molecular weight is 216 g/mol. The molecule has 2 aromatic rings. The minimum atomic E-state index is 0.239. The molecule has 0 aromatic carbocycles. The first kappa shape index (κ1) is 10.7. The number of anilines is 1. The molecule has 0 aliphatic carbocycles. The van der Waals surface area contributed by atoms with Gasteiger partial charge < -0.3 is 5.32 Å². The molecule has 2 heterocycles. The molecule has 0 aliphatic rings. The van der Waals surface area contributed by atoms with Gasteiger partial charge >= 0.3 is 0 Å². The van der Waals surface area contributed by atoms with Gasteiger partial charge in [0, 0.05) is 25.1 Å². The summed E-state index contributed by atoms with van der Waals surface area (Å²) < 4.78 is 1.90. The summed E-state index contributed by atoms with van der Waals surface area (Å²) in [6.07, 6.45) is 7.51. The molecule has 0 saturated carbocycles. The van der Waals surface area contributed by atoms with Gasteiger partial charge in [-0.15, -0.1) is 0 Å². The molecule has 0 spiro atoms. The van der Waals surface area contributed by atoms with Crippen LogP contribution in [0.25, 0.3) is 0 Å². The van der Waals surface area contributed by atoms with Gasteiger partial charge in [-0.1, -0.05) is 6.07 Å². The lowest BCUT2D eigenvalue weighted by Crippen LogP contribution is -2.06. The highest BCUT2D eigenvalue weighted by Gasteiger charge is 2.05. The van der Waals surface area contributed by atoms with Crippen molar-refractivity contribution in [1.29, 1.82) is 0 Å². The van der Waals surface area contributed by atoms with E-state index < -0.39 is 0 Å². The zero-order valence-electron chi connectivity index (χ0n) is 9.59. The van der Waals surface area contributed by atoms with Gasteiger partial charge in [-0.05, 0) is 25.5 Å². The van der Waals surface area contributed by atoms with E-state index in [1.807, 2.05) is 29.3 Å². The first-order chi connectivity index (χ1) is 7.79. The summed E-state index contributed by atoms with van der Waals surface area (Å²) in [5.41, 5.74) is 2.21. The van der Waals surface area contributed by atoms with Gasteiger partial charge in [0.25, 0.3) is 0 Å². The zero-order chi connectivity index (χ0) is 11.4. The van der Waals surface area contributed by atoms with Crippen LogP contribution >= 0.6 is 0 Å². The molecule has 0 amide bonds. The van der Waals surface area contributed by atoms with Crippen LogP contribution in [0.5, 0.6) is 0 Å². The number of nitrogens with one attached hydrogen (secondary N) is 1. The van der Waals surface area contributed by atoms with Gasteiger partial charge in [0.15, 0.2) is 0 Å². The Kier molecular flexibility index (Phi) is 3.19. The summed E-state index contributed by atoms with van der Waals surface area (Å²) in [7, 11) is 0. The van der Waals surface area contributed by atoms with E-state index in [0.717, 1.165) is 12.2 Å². The highest BCUT2D eigenvalue weighted by Crippen LogP contribution is 2.17. The van der Waals surface area contributed by atoms with E-state index in [-0.39, 0.29) is 6.04 Å². The molecule has 2 aromatic heterocycles. The fourth-order valence-electron chi connectivity index (χ4n) is 1.58. The summed E-state index contributed by atoms with van der Waals surface area (Å²) in [6, 6.07) is 4.25. The van der Waals surface area contributed by atoms with E-state index in [1.165, 1.54) is 5.56 Å². The minimum Gasteiger partial charge on any atom is -0.376 e. The van der Waals surface area contributed by atoms with Gasteiger partial charge in [-0.2, -0.15) is 5.10 Å². The molecule has 84 valence electrons. The lowest BCUT2D eigenvalue weighted by Gasteiger charge is -2.13. The molecular formula is C12H16N4. The molecule has 16 heavy (non-hydrogen) atoms. The summed E-state index contributed by atoms with van der Waals surface area (Å²) in [6.45, 7) is 5.07. The van der Waals surface area contributed by atoms with Crippen molar-refractivity contribution in [3.8, 4) is 0 Å². The van der Waals surface area contributed by atoms with Crippen LogP contribution in [0.1, 0.15) is 25.5 Å². The van der Waals surface area contributed by atoms with Crippen LogP contribution in [-0.2, 0) is 6.54 Å². The molecule has 2 rings (SSSR count). The second kappa shape index (κ2) is 4.79. The predicted molar refractivity (Wildman–Crippen MR) is 64.2 cm³/mol. The smallest absolute Gasteiger partial charge is 0.0731 e. The number of aryl methyl sites for hydroxylation is 1. The maximum Gasteiger partial charge on any atom is 0.0731 e. The highest BCUT2D eigenvalue weighted by molar-refractivity contribution is 5.41. The standard InChI is InChI=1S/C12H16N4/c1-3-16-9-12(8-14-16)15-10(2)11-5-4-6-13-7-11/h4-10,15H,3H2,1-2H3. The van der Waals surface area contributed by atoms with Crippen LogP contribution in [0.3, 0.4) is 0 Å². The van der Waals surface area contributed by atoms with Gasteiger partial charge in [0.1, 0.15) is 0 Å². The monoisotopic (exact) mass is 216 g/mol. The number of hydrogen-bond donors (Lipinski definition) is 1. The Bertz CT molecular complexity index is 435. The lowest BCUT2D eigenvalue weighted by atomic mass is 10.1. The van der Waals surface area contributed by atoms with E-state index in [1.54, 1.807) is 6.20 Å². The zero-order valence-corrected chi connectivity index (χ0v) is 9.59. The SMILES string of the molecule is CCn1cc(NC(C)c2cccnc2)cn1. The van der Waals surface area contributed by atoms with Crippen LogP contribution in [0.4, 0.5) is 5.69 Å². The third kappa shape index (κ3) is 2.39. The molecule has 0 bridgehead atoms. The molecule has 4 heteroatoms. The number of aromatic nitrogens is 3. The fraction of sp³-hybridized carbons (Fsp3) is 0.333. The van der Waals surface area contributed by atoms with E-state index in [9.17, 15) is 0 Å². The normalized spacial score (nSPS) is 12.4. The molecule has 1 unspecified atom stereocenters. The predicted octanol–water partition coefficient (Wildman–Crippen LogP) is 2.47. The van der Waals surface area contributed by atoms with E-state index in [2.05, 4.69) is 35.3 Å². The van der Waals surface area contributed by atoms with E-state index >= 15 is 0 Å². The quantitative estimate of drug-likeness (QED) is 0.853. The Hall–Kier alpha value is -1.84. The third-order valence-corrected chi connectivity index (χ3v) is 2.52. The summed E-state index contributed by atoms with van der Waals surface area (Å²) >= 11 is 0. The number of nitrogens with zero attached hydrogens (tertiary/aromatic N) is 3. The lowest BCUT2D eigenvalue weighted by molar-refractivity contribution is 0.660. The van der Waals surface area contributed by atoms with Crippen LogP contribution in [0.2, 0.25) is 0 Å². The number of hydrogen-bond acceptors (Lipinski definition) is 3. The van der Waals surface area contributed by atoms with Crippen LogP contribution in [0, 0.1) is 0 Å². The van der Waals surface area contributed by atoms with Gasteiger partial charge in [0.2, 0.25) is 0 Å². The highest BCUT2D eigenvalue weighted by atomic mass is 15.3. The Morgan fingerprint density at radius 2 is 2.31 bits per heavy atom. The summed E-state index contributed by atoms with van der Waals surface area (Å²) in [4.78, 5) is 4.11. The van der Waals surface area contributed by atoms with Crippen molar-refractivity contribution < 1.29 is 0 Å². The Morgan fingerprint density at radius 3 is 2.94 bits per heavy atom. The van der Waals surface area contributed by atoms with Crippen molar-refractivity contribution in [3.63, 3.8) is 0 Å². The molecule has 0 fully saturated rings. The van der Waals surface area contributed by atoms with Gasteiger partial charge in [-0.25, -0.2) is 0 Å². The minimum absolute atomic E-state index is 0.239. The van der Waals surface area contributed by atoms with Gasteiger partial charge in [0.05, 0.1) is 17.9 Å². The van der Waals surface area contributed by atoms with Crippen molar-refractivity contribution in [2.45, 2.75) is 26.4 Å². The largest absolute Gasteiger partial charge is 0.376 e. The van der Waals surface area contributed by atoms with Crippen molar-refractivity contribution >= 4 is 5.69 Å². The van der Waals surface area contributed by atoms with Crippen LogP contribution in [-0.4, -0.2) is 14.8 Å².